The molecule has 1 N–H and O–H groups in total. The van der Waals surface area contributed by atoms with E-state index in [9.17, 15) is 5.11 Å². The fraction of sp³-hybridized carbons (Fsp3) is 0.471. The minimum atomic E-state index is 0.0789. The molecule has 1 atom stereocenters. The molecule has 20 heavy (non-hydrogen) atoms. The number of aryl methyl sites for hydroxylation is 1. The Labute approximate surface area is 120 Å². The minimum absolute atomic E-state index is 0.0789. The van der Waals surface area contributed by atoms with Crippen LogP contribution in [0.2, 0.25) is 0 Å². The van der Waals surface area contributed by atoms with Gasteiger partial charge in [-0.25, -0.2) is 0 Å². The third kappa shape index (κ3) is 2.69. The van der Waals surface area contributed by atoms with Crippen molar-refractivity contribution in [1.29, 1.82) is 0 Å². The topological polar surface area (TPSA) is 36.4 Å². The maximum atomic E-state index is 9.44. The molecule has 3 heteroatoms. The lowest BCUT2D eigenvalue weighted by Crippen LogP contribution is -2.27. The van der Waals surface area contributed by atoms with Gasteiger partial charge >= 0.3 is 0 Å². The molecule has 0 amide bonds. The largest absolute Gasteiger partial charge is 0.396 e. The summed E-state index contributed by atoms with van der Waals surface area (Å²) in [5.41, 5.74) is 3.53. The van der Waals surface area contributed by atoms with E-state index in [4.69, 9.17) is 0 Å². The molecule has 1 aliphatic heterocycles. The molecule has 3 nitrogen and oxygen atoms in total. The zero-order chi connectivity index (χ0) is 14.2. The second kappa shape index (κ2) is 5.15. The van der Waals surface area contributed by atoms with Gasteiger partial charge in [-0.3, -0.25) is 9.88 Å². The van der Waals surface area contributed by atoms with Crippen LogP contribution in [0.1, 0.15) is 24.6 Å². The number of fused-ring (bicyclic) bond motifs is 1. The summed E-state index contributed by atoms with van der Waals surface area (Å²) in [5, 5.41) is 10.6. The van der Waals surface area contributed by atoms with Crippen LogP contribution in [0, 0.1) is 12.3 Å². The molecule has 1 aromatic carbocycles. The monoisotopic (exact) mass is 270 g/mol. The summed E-state index contributed by atoms with van der Waals surface area (Å²) >= 11 is 0. The molecule has 1 fully saturated rings. The highest BCUT2D eigenvalue weighted by atomic mass is 16.3. The highest BCUT2D eigenvalue weighted by Gasteiger charge is 2.32. The van der Waals surface area contributed by atoms with Crippen molar-refractivity contribution in [2.24, 2.45) is 5.41 Å². The number of nitrogens with zero attached hydrogens (tertiary/aromatic N) is 2. The number of aliphatic hydroxyl groups excluding tert-OH is 1. The van der Waals surface area contributed by atoms with Gasteiger partial charge in [0.15, 0.2) is 0 Å². The highest BCUT2D eigenvalue weighted by molar-refractivity contribution is 5.79. The fourth-order valence-corrected chi connectivity index (χ4v) is 3.02. The first-order chi connectivity index (χ1) is 9.58. The summed E-state index contributed by atoms with van der Waals surface area (Å²) in [5.74, 6) is 0. The molecule has 1 aliphatic rings. The van der Waals surface area contributed by atoms with Crippen LogP contribution in [-0.2, 0) is 6.54 Å². The molecule has 106 valence electrons. The van der Waals surface area contributed by atoms with Crippen molar-refractivity contribution in [1.82, 2.24) is 9.88 Å². The number of aromatic nitrogens is 1. The van der Waals surface area contributed by atoms with Crippen molar-refractivity contribution < 1.29 is 5.11 Å². The quantitative estimate of drug-likeness (QED) is 0.931. The summed E-state index contributed by atoms with van der Waals surface area (Å²) in [7, 11) is 0. The van der Waals surface area contributed by atoms with Gasteiger partial charge in [0.2, 0.25) is 0 Å². The zero-order valence-electron chi connectivity index (χ0n) is 12.3. The lowest BCUT2D eigenvalue weighted by atomic mass is 9.91. The first kappa shape index (κ1) is 13.5. The lowest BCUT2D eigenvalue weighted by molar-refractivity contribution is 0.144. The Morgan fingerprint density at radius 1 is 1.30 bits per heavy atom. The average molecular weight is 270 g/mol. The molecule has 1 unspecified atom stereocenters. The predicted octanol–water partition coefficient (Wildman–Crippen LogP) is 2.75. The Bertz CT molecular complexity index is 625. The Hall–Kier alpha value is -1.45. The molecule has 2 heterocycles. The van der Waals surface area contributed by atoms with Gasteiger partial charge in [-0.15, -0.1) is 0 Å². The Balaban J connectivity index is 1.77. The van der Waals surface area contributed by atoms with Crippen LogP contribution in [0.5, 0.6) is 0 Å². The van der Waals surface area contributed by atoms with Gasteiger partial charge in [0, 0.05) is 36.2 Å². The van der Waals surface area contributed by atoms with E-state index in [1.165, 1.54) is 10.9 Å². The standard InChI is InChI=1S/C17H22N2O/c1-13-3-5-15-9-14(4-6-16(15)18-13)10-19-8-7-17(2,11-19)12-20/h3-6,9,20H,7-8,10-12H2,1-2H3. The maximum absolute atomic E-state index is 9.44. The number of rotatable bonds is 3. The van der Waals surface area contributed by atoms with Crippen molar-refractivity contribution >= 4 is 10.9 Å². The van der Waals surface area contributed by atoms with Crippen LogP contribution in [-0.4, -0.2) is 34.7 Å². The molecular formula is C17H22N2O. The summed E-state index contributed by atoms with van der Waals surface area (Å²) in [6, 6.07) is 10.7. The van der Waals surface area contributed by atoms with E-state index >= 15 is 0 Å². The number of pyridine rings is 1. The van der Waals surface area contributed by atoms with Crippen molar-refractivity contribution in [3.8, 4) is 0 Å². The number of likely N-dealkylation sites (tertiary alicyclic amines) is 1. The SMILES string of the molecule is Cc1ccc2cc(CN3CCC(C)(CO)C3)ccc2n1. The third-order valence-electron chi connectivity index (χ3n) is 4.32. The highest BCUT2D eigenvalue weighted by Crippen LogP contribution is 2.30. The summed E-state index contributed by atoms with van der Waals surface area (Å²) in [6.07, 6.45) is 1.08. The molecule has 1 saturated heterocycles. The number of hydrogen-bond donors (Lipinski definition) is 1. The number of benzene rings is 1. The van der Waals surface area contributed by atoms with Crippen LogP contribution >= 0.6 is 0 Å². The van der Waals surface area contributed by atoms with E-state index in [1.54, 1.807) is 0 Å². The van der Waals surface area contributed by atoms with Crippen LogP contribution in [0.3, 0.4) is 0 Å². The van der Waals surface area contributed by atoms with Crippen LogP contribution in [0.15, 0.2) is 30.3 Å². The summed E-state index contributed by atoms with van der Waals surface area (Å²) in [4.78, 5) is 6.97. The van der Waals surface area contributed by atoms with Crippen LogP contribution < -0.4 is 0 Å². The molecule has 2 aromatic rings. The van der Waals surface area contributed by atoms with E-state index in [2.05, 4.69) is 47.1 Å². The predicted molar refractivity (Wildman–Crippen MR) is 81.6 cm³/mol. The molecule has 0 saturated carbocycles. The van der Waals surface area contributed by atoms with Gasteiger partial charge in [0.25, 0.3) is 0 Å². The fourth-order valence-electron chi connectivity index (χ4n) is 3.02. The van der Waals surface area contributed by atoms with E-state index in [-0.39, 0.29) is 12.0 Å². The van der Waals surface area contributed by atoms with Gasteiger partial charge in [0.1, 0.15) is 0 Å². The smallest absolute Gasteiger partial charge is 0.0705 e. The van der Waals surface area contributed by atoms with E-state index in [0.29, 0.717) is 0 Å². The first-order valence-electron chi connectivity index (χ1n) is 7.28. The Morgan fingerprint density at radius 2 is 2.15 bits per heavy atom. The Morgan fingerprint density at radius 3 is 2.90 bits per heavy atom. The average Bonchev–Trinajstić information content (AvgIpc) is 2.81. The molecule has 0 radical (unpaired) electrons. The van der Waals surface area contributed by atoms with Crippen molar-refractivity contribution in [3.63, 3.8) is 0 Å². The van der Waals surface area contributed by atoms with E-state index in [1.807, 2.05) is 6.92 Å². The number of aliphatic hydroxyl groups is 1. The van der Waals surface area contributed by atoms with Gasteiger partial charge < -0.3 is 5.11 Å². The van der Waals surface area contributed by atoms with Crippen molar-refractivity contribution in [2.75, 3.05) is 19.7 Å². The lowest BCUT2D eigenvalue weighted by Gasteiger charge is -2.22. The molecule has 1 aromatic heterocycles. The van der Waals surface area contributed by atoms with Gasteiger partial charge in [-0.2, -0.15) is 0 Å². The van der Waals surface area contributed by atoms with Crippen molar-refractivity contribution in [3.05, 3.63) is 41.6 Å². The van der Waals surface area contributed by atoms with Crippen LogP contribution in [0.4, 0.5) is 0 Å². The second-order valence-electron chi connectivity index (χ2n) is 6.41. The minimum Gasteiger partial charge on any atom is -0.396 e. The molecule has 0 bridgehead atoms. The first-order valence-corrected chi connectivity index (χ1v) is 7.28. The Kier molecular flexibility index (Phi) is 3.48. The normalized spacial score (nSPS) is 23.6. The van der Waals surface area contributed by atoms with Gasteiger partial charge in [-0.05, 0) is 43.7 Å². The van der Waals surface area contributed by atoms with Crippen LogP contribution in [0.25, 0.3) is 10.9 Å². The molecule has 0 spiro atoms. The summed E-state index contributed by atoms with van der Waals surface area (Å²) in [6.45, 7) is 7.48. The molecule has 0 aliphatic carbocycles. The summed E-state index contributed by atoms with van der Waals surface area (Å²) < 4.78 is 0. The molecule has 3 rings (SSSR count). The van der Waals surface area contributed by atoms with Gasteiger partial charge in [0.05, 0.1) is 5.52 Å². The molecular weight excluding hydrogens is 248 g/mol. The van der Waals surface area contributed by atoms with Gasteiger partial charge in [-0.1, -0.05) is 19.1 Å². The van der Waals surface area contributed by atoms with Crippen molar-refractivity contribution in [2.45, 2.75) is 26.8 Å². The zero-order valence-corrected chi connectivity index (χ0v) is 12.3. The van der Waals surface area contributed by atoms with E-state index in [0.717, 1.165) is 37.3 Å². The third-order valence-corrected chi connectivity index (χ3v) is 4.32. The number of hydrogen-bond acceptors (Lipinski definition) is 3. The second-order valence-corrected chi connectivity index (χ2v) is 6.41. The van der Waals surface area contributed by atoms with E-state index < -0.39 is 0 Å². The maximum Gasteiger partial charge on any atom is 0.0705 e.